The molecule has 0 radical (unpaired) electrons. The number of halogens is 3. The summed E-state index contributed by atoms with van der Waals surface area (Å²) in [5.74, 6) is -1.65. The highest BCUT2D eigenvalue weighted by atomic mass is 19.4. The minimum absolute atomic E-state index is 0.0821. The third-order valence-electron chi connectivity index (χ3n) is 2.59. The van der Waals surface area contributed by atoms with E-state index in [1.54, 1.807) is 0 Å². The molecule has 1 unspecified atom stereocenters. The zero-order valence-electron chi connectivity index (χ0n) is 10.3. The molecular formula is C12H13F3N2O2. The maximum Gasteiger partial charge on any atom is 0.415 e. The smallest absolute Gasteiger partial charge is 0.324 e. The SMILES string of the molecule is CC(=O)c1cccc(NC(=O)C(C)(N)C(F)(F)F)c1. The van der Waals surface area contributed by atoms with Gasteiger partial charge in [0.25, 0.3) is 5.91 Å². The number of benzene rings is 1. The molecule has 0 aliphatic rings. The van der Waals surface area contributed by atoms with E-state index in [1.165, 1.54) is 31.2 Å². The second-order valence-electron chi connectivity index (χ2n) is 4.29. The summed E-state index contributed by atoms with van der Waals surface area (Å²) in [6, 6.07) is 5.60. The molecule has 1 rings (SSSR count). The number of anilines is 1. The average Bonchev–Trinajstić information content (AvgIpc) is 2.27. The molecule has 1 amide bonds. The Hall–Kier alpha value is -1.89. The monoisotopic (exact) mass is 274 g/mol. The van der Waals surface area contributed by atoms with E-state index in [4.69, 9.17) is 5.73 Å². The van der Waals surface area contributed by atoms with Gasteiger partial charge in [-0.15, -0.1) is 0 Å². The van der Waals surface area contributed by atoms with Gasteiger partial charge in [0, 0.05) is 11.3 Å². The number of carbonyl (C=O) groups is 2. The molecular weight excluding hydrogens is 261 g/mol. The van der Waals surface area contributed by atoms with E-state index >= 15 is 0 Å². The van der Waals surface area contributed by atoms with E-state index < -0.39 is 17.6 Å². The number of carbonyl (C=O) groups excluding carboxylic acids is 2. The van der Waals surface area contributed by atoms with Crippen LogP contribution in [0.3, 0.4) is 0 Å². The number of hydrogen-bond donors (Lipinski definition) is 2. The highest BCUT2D eigenvalue weighted by Crippen LogP contribution is 2.29. The largest absolute Gasteiger partial charge is 0.415 e. The Morgan fingerprint density at radius 3 is 2.32 bits per heavy atom. The van der Waals surface area contributed by atoms with Crippen molar-refractivity contribution < 1.29 is 22.8 Å². The number of nitrogens with two attached hydrogens (primary N) is 1. The summed E-state index contributed by atoms with van der Waals surface area (Å²) in [6.07, 6.45) is -4.87. The Morgan fingerprint density at radius 1 is 1.26 bits per heavy atom. The molecule has 4 nitrogen and oxygen atoms in total. The minimum Gasteiger partial charge on any atom is -0.324 e. The van der Waals surface area contributed by atoms with Gasteiger partial charge in [0.1, 0.15) is 0 Å². The molecule has 0 saturated heterocycles. The van der Waals surface area contributed by atoms with Gasteiger partial charge < -0.3 is 11.1 Å². The van der Waals surface area contributed by atoms with Crippen LogP contribution in [0.2, 0.25) is 0 Å². The molecule has 0 aliphatic heterocycles. The topological polar surface area (TPSA) is 72.2 Å². The van der Waals surface area contributed by atoms with Crippen molar-refractivity contribution in [3.05, 3.63) is 29.8 Å². The Morgan fingerprint density at radius 2 is 1.84 bits per heavy atom. The van der Waals surface area contributed by atoms with Crippen LogP contribution in [0.15, 0.2) is 24.3 Å². The van der Waals surface area contributed by atoms with Crippen molar-refractivity contribution in [2.75, 3.05) is 5.32 Å². The predicted octanol–water partition coefficient (Wildman–Crippen LogP) is 2.11. The summed E-state index contributed by atoms with van der Waals surface area (Å²) >= 11 is 0. The molecule has 0 bridgehead atoms. The van der Waals surface area contributed by atoms with Gasteiger partial charge in [0.15, 0.2) is 11.3 Å². The van der Waals surface area contributed by atoms with Gasteiger partial charge in [0.05, 0.1) is 0 Å². The second kappa shape index (κ2) is 5.00. The molecule has 0 saturated carbocycles. The molecule has 7 heteroatoms. The standard InChI is InChI=1S/C12H13F3N2O2/c1-7(18)8-4-3-5-9(6-8)17-10(19)11(2,16)12(13,14)15/h3-6H,16H2,1-2H3,(H,17,19). The predicted molar refractivity (Wildman–Crippen MR) is 63.7 cm³/mol. The van der Waals surface area contributed by atoms with Gasteiger partial charge in [-0.2, -0.15) is 13.2 Å². The molecule has 0 aromatic heterocycles. The first-order valence-electron chi connectivity index (χ1n) is 5.34. The van der Waals surface area contributed by atoms with Crippen molar-refractivity contribution in [1.82, 2.24) is 0 Å². The van der Waals surface area contributed by atoms with Crippen molar-refractivity contribution in [2.45, 2.75) is 25.6 Å². The van der Waals surface area contributed by atoms with Crippen LogP contribution in [0, 0.1) is 0 Å². The molecule has 1 aromatic carbocycles. The lowest BCUT2D eigenvalue weighted by Crippen LogP contribution is -2.59. The molecule has 104 valence electrons. The maximum atomic E-state index is 12.6. The van der Waals surface area contributed by atoms with Crippen molar-refractivity contribution in [1.29, 1.82) is 0 Å². The molecule has 0 fully saturated rings. The van der Waals surface area contributed by atoms with Crippen LogP contribution in [-0.4, -0.2) is 23.4 Å². The van der Waals surface area contributed by atoms with Gasteiger partial charge in [-0.3, -0.25) is 9.59 Å². The van der Waals surface area contributed by atoms with Crippen LogP contribution in [0.4, 0.5) is 18.9 Å². The van der Waals surface area contributed by atoms with Crippen LogP contribution in [-0.2, 0) is 4.79 Å². The summed E-state index contributed by atoms with van der Waals surface area (Å²) in [4.78, 5) is 22.6. The third-order valence-corrected chi connectivity index (χ3v) is 2.59. The first kappa shape index (κ1) is 15.2. The Labute approximate surface area is 107 Å². The molecule has 19 heavy (non-hydrogen) atoms. The summed E-state index contributed by atoms with van der Waals surface area (Å²) in [7, 11) is 0. The lowest BCUT2D eigenvalue weighted by molar-refractivity contribution is -0.184. The van der Waals surface area contributed by atoms with E-state index in [2.05, 4.69) is 0 Å². The number of hydrogen-bond acceptors (Lipinski definition) is 3. The van der Waals surface area contributed by atoms with Gasteiger partial charge in [-0.1, -0.05) is 12.1 Å². The second-order valence-corrected chi connectivity index (χ2v) is 4.29. The molecule has 0 spiro atoms. The normalized spacial score (nSPS) is 14.6. The number of Topliss-reactive ketones (excluding diaryl/α,β-unsaturated/α-hetero) is 1. The summed E-state index contributed by atoms with van der Waals surface area (Å²) in [5.41, 5.74) is 2.34. The first-order chi connectivity index (χ1) is 8.55. The van der Waals surface area contributed by atoms with Gasteiger partial charge >= 0.3 is 6.18 Å². The van der Waals surface area contributed by atoms with Crippen molar-refractivity contribution in [2.24, 2.45) is 5.73 Å². The highest BCUT2D eigenvalue weighted by molar-refractivity contribution is 6.00. The van der Waals surface area contributed by atoms with E-state index in [0.29, 0.717) is 6.92 Å². The van der Waals surface area contributed by atoms with Crippen molar-refractivity contribution >= 4 is 17.4 Å². The van der Waals surface area contributed by atoms with Gasteiger partial charge in [0.2, 0.25) is 0 Å². The average molecular weight is 274 g/mol. The fraction of sp³-hybridized carbons (Fsp3) is 0.333. The van der Waals surface area contributed by atoms with E-state index in [0.717, 1.165) is 0 Å². The molecule has 3 N–H and O–H groups in total. The van der Waals surface area contributed by atoms with Gasteiger partial charge in [-0.25, -0.2) is 0 Å². The quantitative estimate of drug-likeness (QED) is 0.829. The Kier molecular flexibility index (Phi) is 4.00. The zero-order valence-corrected chi connectivity index (χ0v) is 10.3. The summed E-state index contributed by atoms with van der Waals surface area (Å²) < 4.78 is 37.7. The fourth-order valence-electron chi connectivity index (χ4n) is 1.21. The van der Waals surface area contributed by atoms with Crippen LogP contribution in [0.25, 0.3) is 0 Å². The lowest BCUT2D eigenvalue weighted by Gasteiger charge is -2.26. The van der Waals surface area contributed by atoms with Crippen LogP contribution < -0.4 is 11.1 Å². The summed E-state index contributed by atoms with van der Waals surface area (Å²) in [6.45, 7) is 1.89. The van der Waals surface area contributed by atoms with E-state index in [-0.39, 0.29) is 17.0 Å². The highest BCUT2D eigenvalue weighted by Gasteiger charge is 2.53. The summed E-state index contributed by atoms with van der Waals surface area (Å²) in [5, 5.41) is 2.05. The number of alkyl halides is 3. The van der Waals surface area contributed by atoms with Crippen molar-refractivity contribution in [3.8, 4) is 0 Å². The Balaban J connectivity index is 2.95. The number of ketones is 1. The number of nitrogens with one attached hydrogen (secondary N) is 1. The van der Waals surface area contributed by atoms with Crippen LogP contribution in [0.1, 0.15) is 24.2 Å². The first-order valence-corrected chi connectivity index (χ1v) is 5.34. The van der Waals surface area contributed by atoms with E-state index in [9.17, 15) is 22.8 Å². The molecule has 0 aliphatic carbocycles. The zero-order chi connectivity index (χ0) is 14.8. The minimum atomic E-state index is -4.87. The third kappa shape index (κ3) is 3.31. The Bertz CT molecular complexity index is 510. The van der Waals surface area contributed by atoms with Gasteiger partial charge in [-0.05, 0) is 26.0 Å². The lowest BCUT2D eigenvalue weighted by atomic mass is 10.0. The maximum absolute atomic E-state index is 12.6. The number of rotatable bonds is 3. The fourth-order valence-corrected chi connectivity index (χ4v) is 1.21. The van der Waals surface area contributed by atoms with E-state index in [1.807, 2.05) is 5.32 Å². The van der Waals surface area contributed by atoms with Crippen LogP contribution >= 0.6 is 0 Å². The van der Waals surface area contributed by atoms with Crippen LogP contribution in [0.5, 0.6) is 0 Å². The van der Waals surface area contributed by atoms with Crippen molar-refractivity contribution in [3.63, 3.8) is 0 Å². The molecule has 0 heterocycles. The molecule has 1 aromatic rings. The molecule has 1 atom stereocenters. The number of amides is 1.